The number of aliphatic carboxylic acids is 1. The van der Waals surface area contributed by atoms with Gasteiger partial charge in [-0.2, -0.15) is 0 Å². The van der Waals surface area contributed by atoms with Crippen LogP contribution < -0.4 is 5.32 Å². The molecule has 0 aromatic carbocycles. The Balaban J connectivity index is 0. The molecule has 1 saturated heterocycles. The Hall–Kier alpha value is -1.39. The second-order valence-corrected chi connectivity index (χ2v) is 2.22. The van der Waals surface area contributed by atoms with E-state index in [2.05, 4.69) is 5.32 Å². The molecule has 0 spiro atoms. The molecule has 0 saturated carbocycles. The molecule has 0 radical (unpaired) electrons. The summed E-state index contributed by atoms with van der Waals surface area (Å²) in [4.78, 5) is 29.6. The van der Waals surface area contributed by atoms with Crippen LogP contribution in [0.4, 0.5) is 0 Å². The van der Waals surface area contributed by atoms with Gasteiger partial charge in [-0.25, -0.2) is 0 Å². The summed E-state index contributed by atoms with van der Waals surface area (Å²) < 4.78 is 0. The van der Waals surface area contributed by atoms with Gasteiger partial charge in [-0.05, 0) is 0 Å². The molecule has 1 aliphatic heterocycles. The van der Waals surface area contributed by atoms with Gasteiger partial charge in [0.2, 0.25) is 11.8 Å². The van der Waals surface area contributed by atoms with Crippen molar-refractivity contribution >= 4 is 17.8 Å². The number of hydrogen-bond donors (Lipinski definition) is 2. The van der Waals surface area contributed by atoms with Crippen molar-refractivity contribution in [2.24, 2.45) is 0 Å². The highest BCUT2D eigenvalue weighted by Gasteiger charge is 2.15. The number of carbonyl (C=O) groups excluding carboxylic acids is 2. The molecular formula is C9H17NO4. The maximum atomic E-state index is 10.1. The molecule has 1 aliphatic rings. The lowest BCUT2D eigenvalue weighted by Gasteiger charge is -1.79. The molecule has 0 aromatic rings. The summed E-state index contributed by atoms with van der Waals surface area (Å²) in [6.07, 6.45) is 0.970. The quantitative estimate of drug-likeness (QED) is 0.621. The van der Waals surface area contributed by atoms with Crippen LogP contribution in [-0.4, -0.2) is 22.9 Å². The Morgan fingerprint density at radius 3 is 1.64 bits per heavy atom. The van der Waals surface area contributed by atoms with Gasteiger partial charge in [0, 0.05) is 19.3 Å². The van der Waals surface area contributed by atoms with E-state index in [4.69, 9.17) is 5.11 Å². The largest absolute Gasteiger partial charge is 0.481 e. The van der Waals surface area contributed by atoms with Crippen molar-refractivity contribution in [1.82, 2.24) is 5.32 Å². The Morgan fingerprint density at radius 2 is 1.57 bits per heavy atom. The molecule has 0 unspecified atom stereocenters. The number of carboxylic acids is 1. The van der Waals surface area contributed by atoms with Gasteiger partial charge in [0.25, 0.3) is 0 Å². The zero-order chi connectivity index (χ0) is 11.6. The Morgan fingerprint density at radius 1 is 1.29 bits per heavy atom. The number of carbonyl (C=O) groups is 3. The summed E-state index contributed by atoms with van der Waals surface area (Å²) in [5.74, 6) is -1.04. The van der Waals surface area contributed by atoms with Crippen LogP contribution >= 0.6 is 0 Å². The lowest BCUT2D eigenvalue weighted by atomic mass is 10.4. The summed E-state index contributed by atoms with van der Waals surface area (Å²) in [5, 5.41) is 9.86. The van der Waals surface area contributed by atoms with Crippen molar-refractivity contribution in [3.05, 3.63) is 0 Å². The maximum Gasteiger partial charge on any atom is 0.303 e. The highest BCUT2D eigenvalue weighted by molar-refractivity contribution is 6.01. The zero-order valence-corrected chi connectivity index (χ0v) is 8.79. The Bertz CT molecular complexity index is 187. The van der Waals surface area contributed by atoms with Gasteiger partial charge >= 0.3 is 5.97 Å². The predicted octanol–water partition coefficient (Wildman–Crippen LogP) is 0.930. The van der Waals surface area contributed by atoms with E-state index in [1.807, 2.05) is 13.8 Å². The first-order valence-corrected chi connectivity index (χ1v) is 4.60. The van der Waals surface area contributed by atoms with Crippen molar-refractivity contribution in [3.63, 3.8) is 0 Å². The van der Waals surface area contributed by atoms with Gasteiger partial charge < -0.3 is 5.11 Å². The van der Waals surface area contributed by atoms with E-state index in [0.717, 1.165) is 0 Å². The minimum absolute atomic E-state index is 0.148. The van der Waals surface area contributed by atoms with Crippen LogP contribution in [0.1, 0.15) is 40.0 Å². The van der Waals surface area contributed by atoms with E-state index in [9.17, 15) is 14.4 Å². The molecule has 0 atom stereocenters. The standard InChI is InChI=1S/C4H5NO2.C3H6O2.C2H6/c6-3-1-2-4(7)5-3;1-2-3(4)5;1-2/h1-2H2,(H,5,6,7);2H2,1H3,(H,4,5);1-2H3. The minimum atomic E-state index is -0.745. The van der Waals surface area contributed by atoms with E-state index >= 15 is 0 Å². The second-order valence-electron chi connectivity index (χ2n) is 2.22. The SMILES string of the molecule is CC.CCC(=O)O.O=C1CCC(=O)N1. The highest BCUT2D eigenvalue weighted by Crippen LogP contribution is 1.95. The predicted molar refractivity (Wildman–Crippen MR) is 51.7 cm³/mol. The van der Waals surface area contributed by atoms with E-state index in [0.29, 0.717) is 12.8 Å². The number of imide groups is 1. The fourth-order valence-corrected chi connectivity index (χ4v) is 0.508. The molecule has 0 aliphatic carbocycles. The summed E-state index contributed by atoms with van der Waals surface area (Å²) in [5.41, 5.74) is 0. The van der Waals surface area contributed by atoms with Gasteiger partial charge in [-0.3, -0.25) is 19.7 Å². The average Bonchev–Trinajstić information content (AvgIpc) is 2.54. The minimum Gasteiger partial charge on any atom is -0.481 e. The summed E-state index contributed by atoms with van der Waals surface area (Å²) in [7, 11) is 0. The highest BCUT2D eigenvalue weighted by atomic mass is 16.4. The third kappa shape index (κ3) is 10.6. The molecular weight excluding hydrogens is 186 g/mol. The van der Waals surface area contributed by atoms with Crippen LogP contribution in [0.25, 0.3) is 0 Å². The van der Waals surface area contributed by atoms with E-state index in [1.165, 1.54) is 0 Å². The van der Waals surface area contributed by atoms with Crippen molar-refractivity contribution in [1.29, 1.82) is 0 Å². The van der Waals surface area contributed by atoms with Gasteiger partial charge in [-0.1, -0.05) is 20.8 Å². The summed E-state index contributed by atoms with van der Waals surface area (Å²) in [6, 6.07) is 0. The van der Waals surface area contributed by atoms with Gasteiger partial charge in [0.1, 0.15) is 0 Å². The smallest absolute Gasteiger partial charge is 0.303 e. The molecule has 1 rings (SSSR count). The number of rotatable bonds is 1. The summed E-state index contributed by atoms with van der Waals surface area (Å²) >= 11 is 0. The number of amides is 2. The second kappa shape index (κ2) is 9.70. The van der Waals surface area contributed by atoms with Gasteiger partial charge in [0.15, 0.2) is 0 Å². The molecule has 1 heterocycles. The van der Waals surface area contributed by atoms with E-state index in [-0.39, 0.29) is 18.2 Å². The zero-order valence-electron chi connectivity index (χ0n) is 8.79. The van der Waals surface area contributed by atoms with Crippen LogP contribution in [0.3, 0.4) is 0 Å². The van der Waals surface area contributed by atoms with Crippen LogP contribution in [0.15, 0.2) is 0 Å². The van der Waals surface area contributed by atoms with Gasteiger partial charge in [-0.15, -0.1) is 0 Å². The molecule has 14 heavy (non-hydrogen) atoms. The lowest BCUT2D eigenvalue weighted by molar-refractivity contribution is -0.136. The Kier molecular flexibility index (Phi) is 10.5. The van der Waals surface area contributed by atoms with Crippen LogP contribution in [0, 0.1) is 0 Å². The maximum absolute atomic E-state index is 10.1. The van der Waals surface area contributed by atoms with Crippen molar-refractivity contribution < 1.29 is 19.5 Å². The Labute approximate surface area is 83.5 Å². The average molecular weight is 203 g/mol. The summed E-state index contributed by atoms with van der Waals surface area (Å²) in [6.45, 7) is 5.60. The molecule has 0 aromatic heterocycles. The lowest BCUT2D eigenvalue weighted by Crippen LogP contribution is -2.18. The molecule has 5 heteroatoms. The van der Waals surface area contributed by atoms with E-state index < -0.39 is 5.97 Å². The van der Waals surface area contributed by atoms with Crippen LogP contribution in [0.2, 0.25) is 0 Å². The van der Waals surface area contributed by atoms with Gasteiger partial charge in [0.05, 0.1) is 0 Å². The molecule has 2 amide bonds. The van der Waals surface area contributed by atoms with Crippen molar-refractivity contribution in [2.75, 3.05) is 0 Å². The fourth-order valence-electron chi connectivity index (χ4n) is 0.508. The topological polar surface area (TPSA) is 83.5 Å². The molecule has 82 valence electrons. The first kappa shape index (κ1) is 15.1. The number of carboxylic acid groups (broad SMARTS) is 1. The third-order valence-corrected chi connectivity index (χ3v) is 1.16. The fraction of sp³-hybridized carbons (Fsp3) is 0.667. The monoisotopic (exact) mass is 203 g/mol. The normalized spacial score (nSPS) is 13.1. The number of nitrogens with one attached hydrogen (secondary N) is 1. The first-order chi connectivity index (χ1) is 6.56. The third-order valence-electron chi connectivity index (χ3n) is 1.16. The van der Waals surface area contributed by atoms with Crippen LogP contribution in [0.5, 0.6) is 0 Å². The molecule has 1 fully saturated rings. The molecule has 2 N–H and O–H groups in total. The first-order valence-electron chi connectivity index (χ1n) is 4.60. The molecule has 5 nitrogen and oxygen atoms in total. The number of hydrogen-bond acceptors (Lipinski definition) is 3. The van der Waals surface area contributed by atoms with E-state index in [1.54, 1.807) is 6.92 Å². The van der Waals surface area contributed by atoms with Crippen molar-refractivity contribution in [2.45, 2.75) is 40.0 Å². The van der Waals surface area contributed by atoms with Crippen molar-refractivity contribution in [3.8, 4) is 0 Å². The molecule has 0 bridgehead atoms. The van der Waals surface area contributed by atoms with Crippen LogP contribution in [-0.2, 0) is 14.4 Å².